The van der Waals surface area contributed by atoms with Gasteiger partial charge in [-0.2, -0.15) is 0 Å². The van der Waals surface area contributed by atoms with Gasteiger partial charge in [-0.15, -0.1) is 0 Å². The van der Waals surface area contributed by atoms with Crippen LogP contribution in [0.15, 0.2) is 134 Å². The van der Waals surface area contributed by atoms with Crippen molar-refractivity contribution in [2.24, 2.45) is 0 Å². The molecule has 0 saturated carbocycles. The maximum absolute atomic E-state index is 13.3. The SMILES string of the molecule is CC/C=C\C/C=C\C/C=C\C/C=C\C/C=C\C/C=C\C/C=C\C/C=C\C/C=C\CCCCCC(=O)NC(COC1OC(CO)C(OC2OC(CO)C(O)C(O)C2O)C(O)C1O)C(O)/C=C/CC/C=C/CCCCCCCCCCCCCC. The number of nitrogens with one attached hydrogen (secondary N) is 1. The molecule has 2 fully saturated rings. The quantitative estimate of drug-likeness (QED) is 0.0204. The van der Waals surface area contributed by atoms with Crippen LogP contribution in [0.2, 0.25) is 0 Å². The van der Waals surface area contributed by atoms with Crippen LogP contribution in [0.4, 0.5) is 0 Å². The van der Waals surface area contributed by atoms with E-state index in [1.165, 1.54) is 77.0 Å². The van der Waals surface area contributed by atoms with Gasteiger partial charge in [0.15, 0.2) is 12.6 Å². The highest BCUT2D eigenvalue weighted by Gasteiger charge is 2.51. The van der Waals surface area contributed by atoms with Crippen molar-refractivity contribution < 1.29 is 64.6 Å². The molecule has 2 heterocycles. The molecule has 14 nitrogen and oxygen atoms in total. The van der Waals surface area contributed by atoms with Gasteiger partial charge in [-0.3, -0.25) is 4.79 Å². The molecule has 2 aliphatic heterocycles. The van der Waals surface area contributed by atoms with Crippen LogP contribution in [-0.4, -0.2) is 140 Å². The van der Waals surface area contributed by atoms with Crippen molar-refractivity contribution in [2.45, 2.75) is 274 Å². The fraction of sp³-hybridized carbons (Fsp3) is 0.667. The van der Waals surface area contributed by atoms with E-state index in [1.807, 2.05) is 6.08 Å². The summed E-state index contributed by atoms with van der Waals surface area (Å²) in [7, 11) is 0. The third kappa shape index (κ3) is 37.3. The maximum Gasteiger partial charge on any atom is 0.220 e. The van der Waals surface area contributed by atoms with Gasteiger partial charge in [0.2, 0.25) is 5.91 Å². The highest BCUT2D eigenvalue weighted by Crippen LogP contribution is 2.30. The van der Waals surface area contributed by atoms with Crippen molar-refractivity contribution in [1.82, 2.24) is 5.32 Å². The Labute approximate surface area is 500 Å². The predicted molar refractivity (Wildman–Crippen MR) is 336 cm³/mol. The van der Waals surface area contributed by atoms with Gasteiger partial charge >= 0.3 is 0 Å². The fourth-order valence-corrected chi connectivity index (χ4v) is 9.47. The second-order valence-corrected chi connectivity index (χ2v) is 21.8. The van der Waals surface area contributed by atoms with Crippen molar-refractivity contribution in [1.29, 1.82) is 0 Å². The molecule has 2 rings (SSSR count). The lowest BCUT2D eigenvalue weighted by atomic mass is 9.97. The second kappa shape index (κ2) is 52.5. The van der Waals surface area contributed by atoms with Crippen molar-refractivity contribution in [3.8, 4) is 0 Å². The Bertz CT molecular complexity index is 1900. The van der Waals surface area contributed by atoms with E-state index in [-0.39, 0.29) is 18.9 Å². The summed E-state index contributed by atoms with van der Waals surface area (Å²) in [6, 6.07) is -0.960. The molecule has 0 aliphatic carbocycles. The Hall–Kier alpha value is -3.87. The first kappa shape index (κ1) is 75.2. The lowest BCUT2D eigenvalue weighted by molar-refractivity contribution is -0.359. The highest BCUT2D eigenvalue weighted by molar-refractivity contribution is 5.76. The molecular weight excluding hydrogens is 1050 g/mol. The van der Waals surface area contributed by atoms with Gasteiger partial charge in [-0.1, -0.05) is 225 Å². The van der Waals surface area contributed by atoms with E-state index in [1.54, 1.807) is 6.08 Å². The molecule has 2 aliphatic rings. The van der Waals surface area contributed by atoms with Crippen LogP contribution in [-0.2, 0) is 23.7 Å². The molecule has 0 radical (unpaired) electrons. The van der Waals surface area contributed by atoms with Gasteiger partial charge in [-0.05, 0) is 103 Å². The normalized spacial score (nSPS) is 24.7. The van der Waals surface area contributed by atoms with E-state index in [2.05, 4.69) is 141 Å². The summed E-state index contributed by atoms with van der Waals surface area (Å²) in [5.74, 6) is -0.287. The van der Waals surface area contributed by atoms with Crippen molar-refractivity contribution >= 4 is 5.91 Å². The van der Waals surface area contributed by atoms with Gasteiger partial charge in [0.1, 0.15) is 48.8 Å². The first-order chi connectivity index (χ1) is 40.6. The largest absolute Gasteiger partial charge is 0.394 e. The highest BCUT2D eigenvalue weighted by atomic mass is 16.7. The maximum atomic E-state index is 13.3. The fourth-order valence-electron chi connectivity index (χ4n) is 9.47. The van der Waals surface area contributed by atoms with Crippen LogP contribution >= 0.6 is 0 Å². The van der Waals surface area contributed by atoms with E-state index < -0.39 is 86.8 Å². The molecule has 12 atom stereocenters. The van der Waals surface area contributed by atoms with Crippen LogP contribution in [0.3, 0.4) is 0 Å². The summed E-state index contributed by atoms with van der Waals surface area (Å²) in [6.07, 6.45) is 60.6. The molecule has 2 saturated heterocycles. The van der Waals surface area contributed by atoms with Gasteiger partial charge in [0, 0.05) is 6.42 Å². The zero-order valence-electron chi connectivity index (χ0n) is 50.9. The average Bonchev–Trinajstić information content (AvgIpc) is 3.64. The van der Waals surface area contributed by atoms with Gasteiger partial charge in [0.05, 0.1) is 32.0 Å². The minimum absolute atomic E-state index is 0.224. The number of hydrogen-bond acceptors (Lipinski definition) is 13. The van der Waals surface area contributed by atoms with Crippen LogP contribution in [0.25, 0.3) is 0 Å². The summed E-state index contributed by atoms with van der Waals surface area (Å²) in [5, 5.41) is 87.2. The van der Waals surface area contributed by atoms with E-state index in [4.69, 9.17) is 18.9 Å². The zero-order valence-corrected chi connectivity index (χ0v) is 50.9. The van der Waals surface area contributed by atoms with Gasteiger partial charge in [-0.25, -0.2) is 0 Å². The molecule has 0 aromatic carbocycles. The Morgan fingerprint density at radius 1 is 0.446 bits per heavy atom. The number of amides is 1. The van der Waals surface area contributed by atoms with E-state index >= 15 is 0 Å². The lowest BCUT2D eigenvalue weighted by Gasteiger charge is -2.46. The molecule has 0 spiro atoms. The predicted octanol–water partition coefficient (Wildman–Crippen LogP) is 11.9. The molecule has 0 aromatic rings. The molecule has 0 aromatic heterocycles. The molecule has 472 valence electrons. The smallest absolute Gasteiger partial charge is 0.220 e. The minimum atomic E-state index is -1.80. The monoisotopic (exact) mass is 1160 g/mol. The standard InChI is InChI=1S/C69H113NO13/c1-3-5-7-9-11-13-15-17-19-21-23-24-25-26-27-28-29-30-31-32-33-34-35-37-39-41-43-45-47-49-51-53-61(74)70-57(58(73)52-50-48-46-44-42-40-38-36-22-20-18-16-14-12-10-8-6-4-2)56-80-68-66(79)64(77)67(60(55-72)82-68)83-69-65(78)63(76)62(75)59(54-71)81-69/h5,7,11,13,17,19,23-24,26-27,29-30,32-33,35,37,41-44,50,52,57-60,62-69,71-73,75-79H,3-4,6,8-10,12,14-16,18,20-22,25,28,31,34,36,38-40,45-49,51,53-56H2,1-2H3,(H,70,74)/b7-5-,13-11-,19-17-,24-23-,27-26-,30-29-,33-32-,37-35-,43-41-,44-42+,52-50+. The van der Waals surface area contributed by atoms with Crippen LogP contribution in [0, 0.1) is 0 Å². The minimum Gasteiger partial charge on any atom is -0.394 e. The molecule has 0 bridgehead atoms. The number of carbonyl (C=O) groups is 1. The van der Waals surface area contributed by atoms with Crippen molar-refractivity contribution in [3.63, 3.8) is 0 Å². The van der Waals surface area contributed by atoms with Crippen LogP contribution in [0.5, 0.6) is 0 Å². The van der Waals surface area contributed by atoms with Gasteiger partial charge < -0.3 is 65.1 Å². The molecule has 14 heteroatoms. The first-order valence-electron chi connectivity index (χ1n) is 31.9. The van der Waals surface area contributed by atoms with E-state index in [0.717, 1.165) is 89.9 Å². The lowest BCUT2D eigenvalue weighted by Crippen LogP contribution is -2.65. The van der Waals surface area contributed by atoms with E-state index in [9.17, 15) is 45.6 Å². The average molecular weight is 1160 g/mol. The number of hydrogen-bond donors (Lipinski definition) is 9. The first-order valence-corrected chi connectivity index (χ1v) is 31.9. The van der Waals surface area contributed by atoms with Gasteiger partial charge in [0.25, 0.3) is 0 Å². The Morgan fingerprint density at radius 2 is 0.843 bits per heavy atom. The summed E-state index contributed by atoms with van der Waals surface area (Å²) < 4.78 is 22.8. The molecular formula is C69H113NO13. The van der Waals surface area contributed by atoms with Crippen molar-refractivity contribution in [2.75, 3.05) is 19.8 Å². The summed E-state index contributed by atoms with van der Waals surface area (Å²) in [5.41, 5.74) is 0. The number of ether oxygens (including phenoxy) is 4. The summed E-state index contributed by atoms with van der Waals surface area (Å²) in [6.45, 7) is 2.63. The molecule has 1 amide bonds. The number of allylic oxidation sites excluding steroid dienone is 21. The van der Waals surface area contributed by atoms with Crippen molar-refractivity contribution in [3.05, 3.63) is 134 Å². The Balaban J connectivity index is 1.76. The Kier molecular flexibility index (Phi) is 47.5. The molecule has 12 unspecified atom stereocenters. The number of carbonyl (C=O) groups excluding carboxylic acids is 1. The van der Waals surface area contributed by atoms with E-state index in [0.29, 0.717) is 12.8 Å². The number of aliphatic hydroxyl groups is 8. The molecule has 9 N–H and O–H groups in total. The molecule has 83 heavy (non-hydrogen) atoms. The zero-order chi connectivity index (χ0) is 60.2. The number of rotatable bonds is 49. The summed E-state index contributed by atoms with van der Waals surface area (Å²) in [4.78, 5) is 13.3. The van der Waals surface area contributed by atoms with Crippen LogP contribution < -0.4 is 5.32 Å². The Morgan fingerprint density at radius 3 is 1.33 bits per heavy atom. The third-order valence-corrected chi connectivity index (χ3v) is 14.6. The number of aliphatic hydroxyl groups excluding tert-OH is 8. The third-order valence-electron chi connectivity index (χ3n) is 14.6. The second-order valence-electron chi connectivity index (χ2n) is 21.8. The summed E-state index contributed by atoms with van der Waals surface area (Å²) >= 11 is 0. The number of unbranched alkanes of at least 4 members (excludes halogenated alkanes) is 16. The topological polar surface area (TPSA) is 228 Å². The van der Waals surface area contributed by atoms with Crippen LogP contribution in [0.1, 0.15) is 200 Å².